The number of anilines is 1. The highest BCUT2D eigenvalue weighted by atomic mass is 35.5. The largest absolute Gasteiger partial charge is 0.290 e. The van der Waals surface area contributed by atoms with Crippen LogP contribution >= 0.6 is 11.6 Å². The number of halogens is 1. The van der Waals surface area contributed by atoms with Gasteiger partial charge in [-0.2, -0.15) is 0 Å². The van der Waals surface area contributed by atoms with Crippen LogP contribution in [-0.4, -0.2) is 20.9 Å². The average Bonchev–Trinajstić information content (AvgIpc) is 2.39. The monoisotopic (exact) mass is 262 g/mol. The molecule has 0 aromatic carbocycles. The van der Waals surface area contributed by atoms with E-state index in [0.717, 1.165) is 5.69 Å². The second kappa shape index (κ2) is 5.55. The maximum Gasteiger partial charge on any atom is 0.258 e. The molecule has 6 heteroatoms. The molecule has 0 spiro atoms. The molecule has 0 unspecified atom stereocenters. The number of aromatic nitrogens is 3. The zero-order valence-corrected chi connectivity index (χ0v) is 10.5. The van der Waals surface area contributed by atoms with Gasteiger partial charge in [0.05, 0.1) is 0 Å². The molecule has 2 aromatic rings. The maximum atomic E-state index is 12.0. The fourth-order valence-corrected chi connectivity index (χ4v) is 1.63. The Balaban J connectivity index is 2.21. The van der Waals surface area contributed by atoms with Crippen molar-refractivity contribution in [2.45, 2.75) is 13.3 Å². The number of nitrogens with one attached hydrogen (secondary N) is 1. The Labute approximate surface area is 109 Å². The topological polar surface area (TPSA) is 67.8 Å². The number of carbonyl (C=O) groups is 1. The molecule has 0 atom stereocenters. The van der Waals surface area contributed by atoms with E-state index in [1.54, 1.807) is 24.5 Å². The van der Waals surface area contributed by atoms with Crippen LogP contribution in [0.2, 0.25) is 5.15 Å². The number of aryl methyl sites for hydroxylation is 1. The lowest BCUT2D eigenvalue weighted by molar-refractivity contribution is 0.102. The number of pyridine rings is 1. The summed E-state index contributed by atoms with van der Waals surface area (Å²) in [6.07, 6.45) is 3.82. The zero-order valence-electron chi connectivity index (χ0n) is 9.72. The SMILES string of the molecule is CCc1cc(C(=O)Nc2ncccn2)cc(Cl)n1. The molecule has 0 fully saturated rings. The standard InChI is InChI=1S/C12H11ClN4O/c1-2-9-6-8(7-10(13)16-9)11(18)17-12-14-4-3-5-15-12/h3-7H,2H2,1H3,(H,14,15,17,18). The number of nitrogens with zero attached hydrogens (tertiary/aromatic N) is 3. The summed E-state index contributed by atoms with van der Waals surface area (Å²) in [5, 5.41) is 2.89. The van der Waals surface area contributed by atoms with Gasteiger partial charge >= 0.3 is 0 Å². The molecule has 0 saturated heterocycles. The van der Waals surface area contributed by atoms with Gasteiger partial charge in [0, 0.05) is 23.7 Å². The lowest BCUT2D eigenvalue weighted by Gasteiger charge is -2.05. The molecular formula is C12H11ClN4O. The normalized spacial score (nSPS) is 10.1. The Bertz CT molecular complexity index is 559. The fraction of sp³-hybridized carbons (Fsp3) is 0.167. The van der Waals surface area contributed by atoms with Crippen molar-refractivity contribution in [3.05, 3.63) is 47.0 Å². The van der Waals surface area contributed by atoms with Crippen molar-refractivity contribution in [3.63, 3.8) is 0 Å². The van der Waals surface area contributed by atoms with Crippen LogP contribution in [-0.2, 0) is 6.42 Å². The smallest absolute Gasteiger partial charge is 0.258 e. The molecule has 5 nitrogen and oxygen atoms in total. The number of carbonyl (C=O) groups excluding carboxylic acids is 1. The Kier molecular flexibility index (Phi) is 3.84. The Hall–Kier alpha value is -2.01. The van der Waals surface area contributed by atoms with E-state index >= 15 is 0 Å². The third kappa shape index (κ3) is 3.01. The molecule has 92 valence electrons. The first-order valence-corrected chi connectivity index (χ1v) is 5.81. The Morgan fingerprint density at radius 3 is 2.72 bits per heavy atom. The highest BCUT2D eigenvalue weighted by Crippen LogP contribution is 2.12. The lowest BCUT2D eigenvalue weighted by Crippen LogP contribution is -2.14. The van der Waals surface area contributed by atoms with Crippen molar-refractivity contribution >= 4 is 23.5 Å². The number of rotatable bonds is 3. The van der Waals surface area contributed by atoms with Gasteiger partial charge in [-0.05, 0) is 24.6 Å². The van der Waals surface area contributed by atoms with Gasteiger partial charge in [-0.15, -0.1) is 0 Å². The van der Waals surface area contributed by atoms with Crippen LogP contribution in [0.5, 0.6) is 0 Å². The van der Waals surface area contributed by atoms with Crippen molar-refractivity contribution in [1.29, 1.82) is 0 Å². The highest BCUT2D eigenvalue weighted by Gasteiger charge is 2.10. The molecule has 18 heavy (non-hydrogen) atoms. The summed E-state index contributed by atoms with van der Waals surface area (Å²) >= 11 is 5.85. The fourth-order valence-electron chi connectivity index (χ4n) is 1.40. The van der Waals surface area contributed by atoms with Gasteiger partial charge in [-0.25, -0.2) is 15.0 Å². The molecule has 1 N–H and O–H groups in total. The van der Waals surface area contributed by atoms with Crippen LogP contribution in [0.3, 0.4) is 0 Å². The molecule has 0 aliphatic rings. The van der Waals surface area contributed by atoms with Crippen LogP contribution in [0.25, 0.3) is 0 Å². The minimum atomic E-state index is -0.305. The molecule has 0 aliphatic carbocycles. The molecule has 2 heterocycles. The van der Waals surface area contributed by atoms with Crippen molar-refractivity contribution < 1.29 is 4.79 Å². The Morgan fingerprint density at radius 1 is 1.33 bits per heavy atom. The van der Waals surface area contributed by atoms with Crippen molar-refractivity contribution in [3.8, 4) is 0 Å². The first-order valence-electron chi connectivity index (χ1n) is 5.44. The number of amides is 1. The van der Waals surface area contributed by atoms with E-state index in [4.69, 9.17) is 11.6 Å². The average molecular weight is 263 g/mol. The molecule has 0 aliphatic heterocycles. The highest BCUT2D eigenvalue weighted by molar-refractivity contribution is 6.29. The first-order chi connectivity index (χ1) is 8.69. The molecule has 2 aromatic heterocycles. The van der Waals surface area contributed by atoms with E-state index in [9.17, 15) is 4.79 Å². The van der Waals surface area contributed by atoms with Gasteiger partial charge in [0.15, 0.2) is 0 Å². The number of hydrogen-bond acceptors (Lipinski definition) is 4. The van der Waals surface area contributed by atoms with Crippen LogP contribution in [0.15, 0.2) is 30.6 Å². The summed E-state index contributed by atoms with van der Waals surface area (Å²) in [7, 11) is 0. The summed E-state index contributed by atoms with van der Waals surface area (Å²) in [6.45, 7) is 1.95. The van der Waals surface area contributed by atoms with Crippen molar-refractivity contribution in [1.82, 2.24) is 15.0 Å². The van der Waals surface area contributed by atoms with E-state index in [-0.39, 0.29) is 11.9 Å². The van der Waals surface area contributed by atoms with Crippen molar-refractivity contribution in [2.75, 3.05) is 5.32 Å². The summed E-state index contributed by atoms with van der Waals surface area (Å²) in [5.41, 5.74) is 1.21. The molecule has 0 radical (unpaired) electrons. The molecule has 2 rings (SSSR count). The lowest BCUT2D eigenvalue weighted by atomic mass is 10.2. The maximum absolute atomic E-state index is 12.0. The second-order valence-electron chi connectivity index (χ2n) is 3.55. The van der Waals surface area contributed by atoms with Crippen LogP contribution < -0.4 is 5.32 Å². The van der Waals surface area contributed by atoms with Crippen LogP contribution in [0, 0.1) is 0 Å². The van der Waals surface area contributed by atoms with Crippen LogP contribution in [0.4, 0.5) is 5.95 Å². The van der Waals surface area contributed by atoms with E-state index in [1.807, 2.05) is 6.92 Å². The van der Waals surface area contributed by atoms with E-state index in [2.05, 4.69) is 20.3 Å². The van der Waals surface area contributed by atoms with Gasteiger partial charge in [0.2, 0.25) is 5.95 Å². The third-order valence-corrected chi connectivity index (χ3v) is 2.46. The molecule has 0 bridgehead atoms. The van der Waals surface area contributed by atoms with Gasteiger partial charge in [-0.3, -0.25) is 10.1 Å². The summed E-state index contributed by atoms with van der Waals surface area (Å²) in [6, 6.07) is 4.89. The van der Waals surface area contributed by atoms with Gasteiger partial charge in [0.25, 0.3) is 5.91 Å². The van der Waals surface area contributed by atoms with E-state index in [0.29, 0.717) is 17.1 Å². The van der Waals surface area contributed by atoms with Gasteiger partial charge in [-0.1, -0.05) is 18.5 Å². The minimum Gasteiger partial charge on any atom is -0.290 e. The minimum absolute atomic E-state index is 0.258. The van der Waals surface area contributed by atoms with E-state index in [1.165, 1.54) is 6.07 Å². The predicted molar refractivity (Wildman–Crippen MR) is 68.6 cm³/mol. The molecular weight excluding hydrogens is 252 g/mol. The van der Waals surface area contributed by atoms with Crippen LogP contribution in [0.1, 0.15) is 23.0 Å². The molecule has 0 saturated carbocycles. The number of hydrogen-bond donors (Lipinski definition) is 1. The Morgan fingerprint density at radius 2 is 2.06 bits per heavy atom. The quantitative estimate of drug-likeness (QED) is 0.862. The van der Waals surface area contributed by atoms with Crippen molar-refractivity contribution in [2.24, 2.45) is 0 Å². The zero-order chi connectivity index (χ0) is 13.0. The van der Waals surface area contributed by atoms with Gasteiger partial charge < -0.3 is 0 Å². The second-order valence-corrected chi connectivity index (χ2v) is 3.94. The molecule has 1 amide bonds. The van der Waals surface area contributed by atoms with Gasteiger partial charge in [0.1, 0.15) is 5.15 Å². The third-order valence-electron chi connectivity index (χ3n) is 2.26. The summed E-state index contributed by atoms with van der Waals surface area (Å²) in [4.78, 5) is 23.9. The first kappa shape index (κ1) is 12.4. The predicted octanol–water partition coefficient (Wildman–Crippen LogP) is 2.34. The summed E-state index contributed by atoms with van der Waals surface area (Å²) < 4.78 is 0. The summed E-state index contributed by atoms with van der Waals surface area (Å²) in [5.74, 6) is -0.0475. The van der Waals surface area contributed by atoms with E-state index < -0.39 is 0 Å².